The fourth-order valence-electron chi connectivity index (χ4n) is 4.38. The molecule has 0 spiro atoms. The molecule has 0 aromatic carbocycles. The number of aliphatic imine (C=N–C) groups is 1. The summed E-state index contributed by atoms with van der Waals surface area (Å²) in [7, 11) is 0. The van der Waals surface area contributed by atoms with E-state index in [0.29, 0.717) is 18.9 Å². The summed E-state index contributed by atoms with van der Waals surface area (Å²) >= 11 is 0. The first-order valence-electron chi connectivity index (χ1n) is 8.91. The van der Waals surface area contributed by atoms with Crippen molar-refractivity contribution in [3.05, 3.63) is 30.1 Å². The first-order chi connectivity index (χ1) is 11.4. The summed E-state index contributed by atoms with van der Waals surface area (Å²) in [5, 5.41) is 0. The minimum atomic E-state index is -1.28. The van der Waals surface area contributed by atoms with Crippen LogP contribution in [0.3, 0.4) is 0 Å². The number of hydrogen-bond acceptors (Lipinski definition) is 3. The van der Waals surface area contributed by atoms with Crippen LogP contribution < -0.4 is 0 Å². The van der Waals surface area contributed by atoms with E-state index in [9.17, 15) is 9.18 Å². The molecule has 1 aliphatic carbocycles. The molecule has 0 N–H and O–H groups in total. The second-order valence-corrected chi connectivity index (χ2v) is 7.90. The van der Waals surface area contributed by atoms with Crippen molar-refractivity contribution in [2.75, 3.05) is 6.54 Å². The summed E-state index contributed by atoms with van der Waals surface area (Å²) in [6, 6.07) is 6.03. The van der Waals surface area contributed by atoms with Crippen molar-refractivity contribution in [1.29, 1.82) is 0 Å². The van der Waals surface area contributed by atoms with Gasteiger partial charge in [0.15, 0.2) is 0 Å². The van der Waals surface area contributed by atoms with Crippen molar-refractivity contribution >= 4 is 11.7 Å². The Labute approximate surface area is 142 Å². The lowest BCUT2D eigenvalue weighted by Gasteiger charge is -2.39. The molecule has 128 valence electrons. The van der Waals surface area contributed by atoms with Gasteiger partial charge in [-0.15, -0.1) is 0 Å². The Morgan fingerprint density at radius 1 is 1.29 bits per heavy atom. The van der Waals surface area contributed by atoms with Gasteiger partial charge in [-0.1, -0.05) is 6.07 Å². The maximum atomic E-state index is 14.3. The van der Waals surface area contributed by atoms with Gasteiger partial charge in [-0.25, -0.2) is 4.39 Å². The first kappa shape index (κ1) is 15.7. The third-order valence-electron chi connectivity index (χ3n) is 5.94. The van der Waals surface area contributed by atoms with Gasteiger partial charge in [0, 0.05) is 36.7 Å². The third kappa shape index (κ3) is 2.64. The highest BCUT2D eigenvalue weighted by atomic mass is 19.1. The Kier molecular flexibility index (Phi) is 3.70. The first-order valence-corrected chi connectivity index (χ1v) is 8.91. The minimum absolute atomic E-state index is 0.0322. The zero-order valence-corrected chi connectivity index (χ0v) is 14.3. The third-order valence-corrected chi connectivity index (χ3v) is 5.94. The number of nitrogens with zero attached hydrogens (tertiary/aromatic N) is 3. The van der Waals surface area contributed by atoms with E-state index in [1.54, 1.807) is 18.7 Å². The smallest absolute Gasteiger partial charge is 0.233 e. The molecule has 3 heterocycles. The van der Waals surface area contributed by atoms with Crippen LogP contribution in [0.5, 0.6) is 0 Å². The highest BCUT2D eigenvalue weighted by Crippen LogP contribution is 2.42. The van der Waals surface area contributed by atoms with Crippen molar-refractivity contribution < 1.29 is 9.18 Å². The highest BCUT2D eigenvalue weighted by molar-refractivity contribution is 6.03. The van der Waals surface area contributed by atoms with E-state index in [1.807, 2.05) is 18.3 Å². The summed E-state index contributed by atoms with van der Waals surface area (Å²) in [6.07, 6.45) is 5.09. The fraction of sp³-hybridized carbons (Fsp3) is 0.632. The maximum Gasteiger partial charge on any atom is 0.233 e. The maximum absolute atomic E-state index is 14.3. The van der Waals surface area contributed by atoms with Crippen LogP contribution in [0.4, 0.5) is 4.39 Å². The van der Waals surface area contributed by atoms with Crippen LogP contribution in [0.15, 0.2) is 29.4 Å². The predicted molar refractivity (Wildman–Crippen MR) is 90.5 cm³/mol. The topological polar surface area (TPSA) is 45.6 Å². The zero-order chi connectivity index (χ0) is 16.9. The van der Waals surface area contributed by atoms with Crippen molar-refractivity contribution in [1.82, 2.24) is 9.88 Å². The van der Waals surface area contributed by atoms with Gasteiger partial charge >= 0.3 is 0 Å². The number of aromatic nitrogens is 1. The second-order valence-electron chi connectivity index (χ2n) is 7.90. The molecule has 0 bridgehead atoms. The summed E-state index contributed by atoms with van der Waals surface area (Å²) in [5.74, 6) is 1.16. The fourth-order valence-corrected chi connectivity index (χ4v) is 4.38. The van der Waals surface area contributed by atoms with Gasteiger partial charge in [0.25, 0.3) is 0 Å². The number of alkyl halides is 1. The van der Waals surface area contributed by atoms with Crippen LogP contribution in [0, 0.1) is 11.8 Å². The van der Waals surface area contributed by atoms with Gasteiger partial charge in [0.2, 0.25) is 5.91 Å². The SMILES string of the molecule is CC(C)(F)C1CC2=NC3CC(c4ccccn4)CCC3C(=O)N2C1. The molecule has 2 fully saturated rings. The number of fused-ring (bicyclic) bond motifs is 2. The Morgan fingerprint density at radius 2 is 2.12 bits per heavy atom. The number of rotatable bonds is 2. The van der Waals surface area contributed by atoms with Crippen molar-refractivity contribution in [2.24, 2.45) is 16.8 Å². The summed E-state index contributed by atoms with van der Waals surface area (Å²) in [4.78, 5) is 24.0. The van der Waals surface area contributed by atoms with Crippen LogP contribution in [0.25, 0.3) is 0 Å². The summed E-state index contributed by atoms with van der Waals surface area (Å²) < 4.78 is 14.3. The van der Waals surface area contributed by atoms with E-state index in [-0.39, 0.29) is 23.8 Å². The minimum Gasteiger partial charge on any atom is -0.300 e. The van der Waals surface area contributed by atoms with E-state index in [2.05, 4.69) is 11.1 Å². The molecule has 1 aromatic heterocycles. The van der Waals surface area contributed by atoms with Crippen molar-refractivity contribution in [3.8, 4) is 0 Å². The molecule has 1 amide bonds. The predicted octanol–water partition coefficient (Wildman–Crippen LogP) is 3.34. The molecule has 5 heteroatoms. The normalized spacial score (nSPS) is 33.0. The molecule has 3 aliphatic rings. The molecule has 4 unspecified atom stereocenters. The van der Waals surface area contributed by atoms with Gasteiger partial charge < -0.3 is 0 Å². The summed E-state index contributed by atoms with van der Waals surface area (Å²) in [5.41, 5.74) is -0.179. The Hall–Kier alpha value is -1.78. The van der Waals surface area contributed by atoms with E-state index in [4.69, 9.17) is 4.99 Å². The lowest BCUT2D eigenvalue weighted by Crippen LogP contribution is -2.48. The van der Waals surface area contributed by atoms with Crippen LogP contribution in [-0.2, 0) is 4.79 Å². The molecular formula is C19H24FN3O. The molecule has 2 aliphatic heterocycles. The van der Waals surface area contributed by atoms with Crippen LogP contribution in [-0.4, -0.2) is 39.9 Å². The molecule has 1 saturated heterocycles. The van der Waals surface area contributed by atoms with Crippen LogP contribution in [0.2, 0.25) is 0 Å². The number of carbonyl (C=O) groups is 1. The van der Waals surface area contributed by atoms with Crippen LogP contribution in [0.1, 0.15) is 51.1 Å². The largest absolute Gasteiger partial charge is 0.300 e. The molecular weight excluding hydrogens is 305 g/mol. The van der Waals surface area contributed by atoms with Crippen molar-refractivity contribution in [2.45, 2.75) is 57.2 Å². The van der Waals surface area contributed by atoms with Gasteiger partial charge in [-0.3, -0.25) is 19.7 Å². The molecule has 0 radical (unpaired) electrons. The molecule has 24 heavy (non-hydrogen) atoms. The van der Waals surface area contributed by atoms with Gasteiger partial charge in [0.1, 0.15) is 11.5 Å². The van der Waals surface area contributed by atoms with Crippen LogP contribution >= 0.6 is 0 Å². The number of halogens is 1. The van der Waals surface area contributed by atoms with Gasteiger partial charge in [-0.05, 0) is 45.2 Å². The Morgan fingerprint density at radius 3 is 2.83 bits per heavy atom. The van der Waals surface area contributed by atoms with Gasteiger partial charge in [-0.2, -0.15) is 0 Å². The van der Waals surface area contributed by atoms with Gasteiger partial charge in [0.05, 0.1) is 12.0 Å². The second kappa shape index (κ2) is 5.64. The lowest BCUT2D eigenvalue weighted by molar-refractivity contribution is -0.134. The Balaban J connectivity index is 1.56. The number of amidine groups is 1. The average Bonchev–Trinajstić information content (AvgIpc) is 3.00. The number of amides is 1. The van der Waals surface area contributed by atoms with E-state index < -0.39 is 5.67 Å². The summed E-state index contributed by atoms with van der Waals surface area (Å²) in [6.45, 7) is 3.69. The number of pyridine rings is 1. The number of carbonyl (C=O) groups excluding carboxylic acids is 1. The molecule has 4 rings (SSSR count). The average molecular weight is 329 g/mol. The lowest BCUT2D eigenvalue weighted by atomic mass is 9.75. The molecule has 1 saturated carbocycles. The molecule has 1 aromatic rings. The standard InChI is InChI=1S/C19H24FN3O/c1-19(2,20)13-10-17-22-16-9-12(15-5-3-4-8-21-15)6-7-14(16)18(24)23(17)11-13/h3-5,8,12-14,16H,6-7,9-11H2,1-2H3. The molecule has 4 nitrogen and oxygen atoms in total. The molecule has 4 atom stereocenters. The quantitative estimate of drug-likeness (QED) is 0.835. The van der Waals surface area contributed by atoms with E-state index >= 15 is 0 Å². The zero-order valence-electron chi connectivity index (χ0n) is 14.3. The highest BCUT2D eigenvalue weighted by Gasteiger charge is 2.48. The van der Waals surface area contributed by atoms with E-state index in [1.165, 1.54) is 0 Å². The Bertz CT molecular complexity index is 667. The van der Waals surface area contributed by atoms with E-state index in [0.717, 1.165) is 30.8 Å². The van der Waals surface area contributed by atoms with Crippen molar-refractivity contribution in [3.63, 3.8) is 0 Å². The monoisotopic (exact) mass is 329 g/mol. The number of hydrogen-bond donors (Lipinski definition) is 0.